The van der Waals surface area contributed by atoms with Gasteiger partial charge in [0, 0.05) is 29.9 Å². The van der Waals surface area contributed by atoms with E-state index in [1.165, 1.54) is 11.1 Å². The number of hydrogen-bond donors (Lipinski definition) is 2. The summed E-state index contributed by atoms with van der Waals surface area (Å²) in [5.74, 6) is -0.0179. The second-order valence-corrected chi connectivity index (χ2v) is 8.52. The summed E-state index contributed by atoms with van der Waals surface area (Å²) >= 11 is 0. The van der Waals surface area contributed by atoms with Crippen molar-refractivity contribution < 1.29 is 14.3 Å². The van der Waals surface area contributed by atoms with E-state index >= 15 is 0 Å². The van der Waals surface area contributed by atoms with Crippen LogP contribution in [0.2, 0.25) is 0 Å². The molecule has 2 aromatic carbocycles. The highest BCUT2D eigenvalue weighted by atomic mass is 16.5. The zero-order chi connectivity index (χ0) is 21.1. The van der Waals surface area contributed by atoms with Crippen molar-refractivity contribution in [2.24, 2.45) is 0 Å². The summed E-state index contributed by atoms with van der Waals surface area (Å²) in [6, 6.07) is 13.6. The lowest BCUT2D eigenvalue weighted by atomic mass is 9.79. The number of anilines is 1. The average Bonchev–Trinajstić information content (AvgIpc) is 2.74. The Morgan fingerprint density at radius 3 is 2.57 bits per heavy atom. The normalized spacial score (nSPS) is 20.9. The molecule has 1 aliphatic heterocycles. The van der Waals surface area contributed by atoms with Crippen LogP contribution in [0.4, 0.5) is 10.5 Å². The van der Waals surface area contributed by atoms with Gasteiger partial charge >= 0.3 is 6.03 Å². The number of aryl methyl sites for hydroxylation is 2. The predicted molar refractivity (Wildman–Crippen MR) is 117 cm³/mol. The van der Waals surface area contributed by atoms with E-state index in [1.54, 1.807) is 11.0 Å². The lowest BCUT2D eigenvalue weighted by molar-refractivity contribution is 0.0302. The first kappa shape index (κ1) is 20.4. The Balaban J connectivity index is 1.43. The monoisotopic (exact) mass is 407 g/mol. The fourth-order valence-electron chi connectivity index (χ4n) is 4.30. The number of amides is 3. The number of nitrogens with zero attached hydrogens (tertiary/aromatic N) is 1. The molecule has 0 aromatic heterocycles. The minimum Gasteiger partial charge on any atom is -0.378 e. The summed E-state index contributed by atoms with van der Waals surface area (Å²) in [5, 5.41) is 6.07. The molecule has 0 spiro atoms. The molecule has 1 heterocycles. The number of morpholine rings is 1. The molecule has 6 nitrogen and oxygen atoms in total. The minimum absolute atomic E-state index is 0.0179. The molecule has 1 aliphatic carbocycles. The summed E-state index contributed by atoms with van der Waals surface area (Å²) in [5.41, 5.74) is 4.49. The number of ether oxygens (including phenoxy) is 1. The molecule has 0 saturated carbocycles. The van der Waals surface area contributed by atoms with Gasteiger partial charge in [-0.1, -0.05) is 30.3 Å². The first-order chi connectivity index (χ1) is 14.4. The number of rotatable bonds is 3. The largest absolute Gasteiger partial charge is 0.378 e. The Kier molecular flexibility index (Phi) is 5.77. The number of carbonyl (C=O) groups excluding carboxylic acids is 2. The molecular formula is C24H29N3O3. The van der Waals surface area contributed by atoms with E-state index in [4.69, 9.17) is 4.74 Å². The SMILES string of the molecule is Cc1ccc(NC(=O)NC2(C)CCc3ccccc3C2)cc1C(=O)N1CCOCC1. The van der Waals surface area contributed by atoms with Crippen LogP contribution >= 0.6 is 0 Å². The molecule has 3 amide bonds. The van der Waals surface area contributed by atoms with Crippen LogP contribution in [0.15, 0.2) is 42.5 Å². The summed E-state index contributed by atoms with van der Waals surface area (Å²) in [6.45, 7) is 6.31. The molecule has 30 heavy (non-hydrogen) atoms. The molecule has 1 saturated heterocycles. The van der Waals surface area contributed by atoms with Crippen molar-refractivity contribution in [2.45, 2.75) is 38.6 Å². The third-order valence-corrected chi connectivity index (χ3v) is 6.08. The van der Waals surface area contributed by atoms with Gasteiger partial charge in [0.25, 0.3) is 5.91 Å². The van der Waals surface area contributed by atoms with Crippen molar-refractivity contribution in [3.63, 3.8) is 0 Å². The first-order valence-corrected chi connectivity index (χ1v) is 10.6. The highest BCUT2D eigenvalue weighted by Gasteiger charge is 2.31. The van der Waals surface area contributed by atoms with E-state index in [0.29, 0.717) is 37.6 Å². The smallest absolute Gasteiger partial charge is 0.319 e. The zero-order valence-electron chi connectivity index (χ0n) is 17.7. The molecule has 6 heteroatoms. The Bertz CT molecular complexity index is 952. The Morgan fingerprint density at radius 2 is 1.80 bits per heavy atom. The zero-order valence-corrected chi connectivity index (χ0v) is 17.7. The number of benzene rings is 2. The van der Waals surface area contributed by atoms with Crippen LogP contribution in [-0.4, -0.2) is 48.7 Å². The van der Waals surface area contributed by atoms with E-state index in [-0.39, 0.29) is 17.5 Å². The molecule has 0 bridgehead atoms. The van der Waals surface area contributed by atoms with Crippen molar-refractivity contribution in [3.05, 3.63) is 64.7 Å². The third-order valence-electron chi connectivity index (χ3n) is 6.08. The van der Waals surface area contributed by atoms with Crippen molar-refractivity contribution >= 4 is 17.6 Å². The van der Waals surface area contributed by atoms with Crippen LogP contribution < -0.4 is 10.6 Å². The molecule has 1 atom stereocenters. The summed E-state index contributed by atoms with van der Waals surface area (Å²) in [4.78, 5) is 27.4. The molecule has 0 radical (unpaired) electrons. The van der Waals surface area contributed by atoms with Crippen molar-refractivity contribution in [3.8, 4) is 0 Å². The van der Waals surface area contributed by atoms with Crippen LogP contribution in [0, 0.1) is 6.92 Å². The van der Waals surface area contributed by atoms with Crippen LogP contribution in [-0.2, 0) is 17.6 Å². The molecule has 2 aromatic rings. The topological polar surface area (TPSA) is 70.7 Å². The summed E-state index contributed by atoms with van der Waals surface area (Å²) < 4.78 is 5.34. The molecule has 2 aliphatic rings. The Morgan fingerprint density at radius 1 is 1.07 bits per heavy atom. The van der Waals surface area contributed by atoms with Gasteiger partial charge in [0.2, 0.25) is 0 Å². The van der Waals surface area contributed by atoms with E-state index in [1.807, 2.05) is 25.1 Å². The molecule has 158 valence electrons. The van der Waals surface area contributed by atoms with E-state index in [9.17, 15) is 9.59 Å². The van der Waals surface area contributed by atoms with Crippen molar-refractivity contribution in [2.75, 3.05) is 31.6 Å². The maximum atomic E-state index is 12.9. The maximum absolute atomic E-state index is 12.9. The maximum Gasteiger partial charge on any atom is 0.319 e. The number of carbonyl (C=O) groups is 2. The number of fused-ring (bicyclic) bond motifs is 1. The molecule has 1 unspecified atom stereocenters. The van der Waals surface area contributed by atoms with Gasteiger partial charge in [0.1, 0.15) is 0 Å². The third kappa shape index (κ3) is 4.49. The van der Waals surface area contributed by atoms with Crippen LogP contribution in [0.3, 0.4) is 0 Å². The van der Waals surface area contributed by atoms with Gasteiger partial charge in [-0.2, -0.15) is 0 Å². The lowest BCUT2D eigenvalue weighted by Gasteiger charge is -2.35. The Hall–Kier alpha value is -2.86. The van der Waals surface area contributed by atoms with Gasteiger partial charge in [-0.3, -0.25) is 4.79 Å². The minimum atomic E-state index is -0.296. The van der Waals surface area contributed by atoms with Crippen molar-refractivity contribution in [1.29, 1.82) is 0 Å². The van der Waals surface area contributed by atoms with Crippen molar-refractivity contribution in [1.82, 2.24) is 10.2 Å². The van der Waals surface area contributed by atoms with Gasteiger partial charge < -0.3 is 20.3 Å². The highest BCUT2D eigenvalue weighted by molar-refractivity contribution is 5.98. The highest BCUT2D eigenvalue weighted by Crippen LogP contribution is 2.28. The number of nitrogens with one attached hydrogen (secondary N) is 2. The van der Waals surface area contributed by atoms with Gasteiger partial charge in [-0.05, 0) is 61.9 Å². The molecule has 4 rings (SSSR count). The van der Waals surface area contributed by atoms with E-state index < -0.39 is 0 Å². The van der Waals surface area contributed by atoms with Gasteiger partial charge in [-0.15, -0.1) is 0 Å². The fraction of sp³-hybridized carbons (Fsp3) is 0.417. The van der Waals surface area contributed by atoms with Gasteiger partial charge in [0.15, 0.2) is 0 Å². The van der Waals surface area contributed by atoms with Gasteiger partial charge in [-0.25, -0.2) is 4.79 Å². The number of urea groups is 1. The first-order valence-electron chi connectivity index (χ1n) is 10.6. The second-order valence-electron chi connectivity index (χ2n) is 8.52. The lowest BCUT2D eigenvalue weighted by Crippen LogP contribution is -2.51. The number of hydrogen-bond acceptors (Lipinski definition) is 3. The standard InChI is InChI=1S/C24H29N3O3/c1-17-7-8-20(15-21(17)22(28)27-11-13-30-14-12-27)25-23(29)26-24(2)10-9-18-5-3-4-6-19(18)16-24/h3-8,15H,9-14,16H2,1-2H3,(H2,25,26,29). The quantitative estimate of drug-likeness (QED) is 0.818. The average molecular weight is 408 g/mol. The Labute approximate surface area is 177 Å². The molecule has 2 N–H and O–H groups in total. The summed E-state index contributed by atoms with van der Waals surface area (Å²) in [7, 11) is 0. The fourth-order valence-corrected chi connectivity index (χ4v) is 4.30. The van der Waals surface area contributed by atoms with E-state index in [2.05, 4.69) is 35.8 Å². The van der Waals surface area contributed by atoms with Crippen LogP contribution in [0.1, 0.15) is 40.4 Å². The van der Waals surface area contributed by atoms with E-state index in [0.717, 1.165) is 24.8 Å². The molecular weight excluding hydrogens is 378 g/mol. The second kappa shape index (κ2) is 8.48. The van der Waals surface area contributed by atoms with Gasteiger partial charge in [0.05, 0.1) is 13.2 Å². The predicted octanol–water partition coefficient (Wildman–Crippen LogP) is 3.54. The van der Waals surface area contributed by atoms with Crippen LogP contribution in [0.5, 0.6) is 0 Å². The summed E-state index contributed by atoms with van der Waals surface area (Å²) in [6.07, 6.45) is 2.66. The van der Waals surface area contributed by atoms with Crippen LogP contribution in [0.25, 0.3) is 0 Å². The molecule has 1 fully saturated rings.